The van der Waals surface area contributed by atoms with Crippen LogP contribution in [0.3, 0.4) is 0 Å². The van der Waals surface area contributed by atoms with Crippen LogP contribution in [0.25, 0.3) is 5.69 Å². The molecule has 0 radical (unpaired) electrons. The fourth-order valence-corrected chi connectivity index (χ4v) is 5.22. The monoisotopic (exact) mass is 447 g/mol. The zero-order chi connectivity index (χ0) is 22.3. The first kappa shape index (κ1) is 21.8. The van der Waals surface area contributed by atoms with Crippen molar-refractivity contribution in [2.75, 3.05) is 5.75 Å². The van der Waals surface area contributed by atoms with E-state index in [1.165, 1.54) is 0 Å². The standard InChI is InChI=1S/C25H25N3O3S/c29-23(13-14-24(30)31)27(17-20-9-3-1-4-10-20)18-21-19-28(22-11-5-2-6-12-22)26-25(21)32-15-7-8-16-32/h1-12,15,19H,13-14,16-18H2,(H,30,31). The van der Waals surface area contributed by atoms with Gasteiger partial charge in [0.05, 0.1) is 18.7 Å². The van der Waals surface area contributed by atoms with E-state index < -0.39 is 5.97 Å². The highest BCUT2D eigenvalue weighted by atomic mass is 32.2. The maximum atomic E-state index is 13.0. The summed E-state index contributed by atoms with van der Waals surface area (Å²) in [5.74, 6) is -0.236. The zero-order valence-electron chi connectivity index (χ0n) is 17.6. The summed E-state index contributed by atoms with van der Waals surface area (Å²) in [5.41, 5.74) is 2.95. The van der Waals surface area contributed by atoms with Crippen LogP contribution in [0, 0.1) is 0 Å². The van der Waals surface area contributed by atoms with E-state index >= 15 is 0 Å². The van der Waals surface area contributed by atoms with Crippen molar-refractivity contribution >= 4 is 27.7 Å². The van der Waals surface area contributed by atoms with Crippen molar-refractivity contribution in [3.05, 3.63) is 90.1 Å². The summed E-state index contributed by atoms with van der Waals surface area (Å²) in [4.78, 5) is 25.8. The molecule has 6 nitrogen and oxygen atoms in total. The van der Waals surface area contributed by atoms with Crippen LogP contribution in [-0.4, -0.2) is 42.8 Å². The van der Waals surface area contributed by atoms with E-state index in [1.54, 1.807) is 4.90 Å². The van der Waals surface area contributed by atoms with E-state index in [9.17, 15) is 9.59 Å². The molecule has 1 N–H and O–H groups in total. The number of carboxylic acids is 1. The Hall–Kier alpha value is -3.45. The quantitative estimate of drug-likeness (QED) is 0.497. The normalized spacial score (nSPS) is 14.8. The van der Waals surface area contributed by atoms with E-state index in [-0.39, 0.29) is 29.2 Å². The molecule has 0 aliphatic carbocycles. The third-order valence-corrected chi connectivity index (χ3v) is 7.04. The van der Waals surface area contributed by atoms with Crippen LogP contribution < -0.4 is 0 Å². The molecule has 1 aromatic heterocycles. The molecule has 2 aromatic carbocycles. The molecule has 32 heavy (non-hydrogen) atoms. The Bertz CT molecular complexity index is 1150. The number of amides is 1. The van der Waals surface area contributed by atoms with Gasteiger partial charge in [0.25, 0.3) is 0 Å². The van der Waals surface area contributed by atoms with E-state index in [2.05, 4.69) is 17.5 Å². The summed E-state index contributed by atoms with van der Waals surface area (Å²) in [7, 11) is -0.142. The number of carbonyl (C=O) groups is 2. The Balaban J connectivity index is 1.66. The first-order valence-electron chi connectivity index (χ1n) is 10.5. The molecule has 1 unspecified atom stereocenters. The molecule has 0 saturated heterocycles. The summed E-state index contributed by atoms with van der Waals surface area (Å²) in [6.07, 6.45) is 5.99. The lowest BCUT2D eigenvalue weighted by Crippen LogP contribution is -2.30. The largest absolute Gasteiger partial charge is 0.481 e. The first-order valence-corrected chi connectivity index (χ1v) is 11.9. The Kier molecular flexibility index (Phi) is 6.97. The van der Waals surface area contributed by atoms with Crippen molar-refractivity contribution in [3.63, 3.8) is 0 Å². The predicted octanol–water partition coefficient (Wildman–Crippen LogP) is 4.27. The van der Waals surface area contributed by atoms with Gasteiger partial charge in [0.15, 0.2) is 0 Å². The lowest BCUT2D eigenvalue weighted by molar-refractivity contribution is -0.141. The molecular formula is C25H25N3O3S. The molecule has 1 aliphatic heterocycles. The molecule has 1 amide bonds. The zero-order valence-corrected chi connectivity index (χ0v) is 18.4. The Morgan fingerprint density at radius 2 is 1.72 bits per heavy atom. The fourth-order valence-electron chi connectivity index (χ4n) is 3.56. The van der Waals surface area contributed by atoms with Crippen LogP contribution in [-0.2, 0) is 22.7 Å². The van der Waals surface area contributed by atoms with Gasteiger partial charge in [0, 0.05) is 30.5 Å². The summed E-state index contributed by atoms with van der Waals surface area (Å²) in [6, 6.07) is 19.7. The molecule has 0 spiro atoms. The van der Waals surface area contributed by atoms with Gasteiger partial charge in [0.1, 0.15) is 5.03 Å². The van der Waals surface area contributed by atoms with E-state index in [1.807, 2.05) is 71.5 Å². The second kappa shape index (κ2) is 10.2. The van der Waals surface area contributed by atoms with Crippen molar-refractivity contribution in [2.24, 2.45) is 0 Å². The topological polar surface area (TPSA) is 75.4 Å². The van der Waals surface area contributed by atoms with Crippen LogP contribution in [0.15, 0.2) is 84.0 Å². The molecule has 1 atom stereocenters. The number of hydrogen-bond donors (Lipinski definition) is 1. The maximum Gasteiger partial charge on any atom is 0.303 e. The van der Waals surface area contributed by atoms with Crippen LogP contribution in [0.1, 0.15) is 24.0 Å². The molecule has 0 bridgehead atoms. The summed E-state index contributed by atoms with van der Waals surface area (Å²) < 4.78 is 1.87. The van der Waals surface area contributed by atoms with Gasteiger partial charge in [-0.1, -0.05) is 60.7 Å². The Labute approximate surface area is 189 Å². The van der Waals surface area contributed by atoms with Gasteiger partial charge in [-0.15, -0.1) is 10.5 Å². The maximum absolute atomic E-state index is 13.0. The second-order valence-electron chi connectivity index (χ2n) is 7.53. The fraction of sp³-hybridized carbons (Fsp3) is 0.200. The van der Waals surface area contributed by atoms with Crippen LogP contribution in [0.5, 0.6) is 0 Å². The minimum absolute atomic E-state index is 0.0241. The van der Waals surface area contributed by atoms with Gasteiger partial charge in [-0.3, -0.25) is 9.59 Å². The summed E-state index contributed by atoms with van der Waals surface area (Å²) in [6.45, 7) is 0.803. The van der Waals surface area contributed by atoms with Crippen LogP contribution in [0.2, 0.25) is 0 Å². The van der Waals surface area contributed by atoms with Gasteiger partial charge in [-0.05, 0) is 23.1 Å². The van der Waals surface area contributed by atoms with Crippen molar-refractivity contribution in [2.45, 2.75) is 31.0 Å². The minimum atomic E-state index is -0.969. The highest BCUT2D eigenvalue weighted by molar-refractivity contribution is 8.15. The number of carboxylic acid groups (broad SMARTS) is 1. The van der Waals surface area contributed by atoms with Crippen molar-refractivity contribution in [1.29, 1.82) is 0 Å². The average molecular weight is 448 g/mol. The number of benzene rings is 2. The minimum Gasteiger partial charge on any atom is -0.481 e. The van der Waals surface area contributed by atoms with Crippen LogP contribution in [0.4, 0.5) is 0 Å². The Morgan fingerprint density at radius 1 is 1.00 bits per heavy atom. The highest BCUT2D eigenvalue weighted by Crippen LogP contribution is 2.32. The molecule has 1 aliphatic rings. The number of aromatic nitrogens is 2. The first-order chi connectivity index (χ1) is 15.6. The number of allylic oxidation sites excluding steroid dienone is 1. The number of hydrogen-bond acceptors (Lipinski definition) is 3. The molecule has 0 fully saturated rings. The van der Waals surface area contributed by atoms with Gasteiger partial charge in [0.2, 0.25) is 5.91 Å². The van der Waals surface area contributed by atoms with Gasteiger partial charge in [-0.25, -0.2) is 4.68 Å². The molecular weight excluding hydrogens is 422 g/mol. The van der Waals surface area contributed by atoms with Crippen molar-refractivity contribution < 1.29 is 14.7 Å². The molecule has 7 heteroatoms. The molecule has 0 saturated carbocycles. The predicted molar refractivity (Wildman–Crippen MR) is 127 cm³/mol. The summed E-state index contributed by atoms with van der Waals surface area (Å²) in [5, 5.41) is 17.1. The molecule has 164 valence electrons. The third kappa shape index (κ3) is 5.42. The lowest BCUT2D eigenvalue weighted by atomic mass is 10.2. The second-order valence-corrected chi connectivity index (χ2v) is 9.38. The van der Waals surface area contributed by atoms with E-state index in [0.29, 0.717) is 13.1 Å². The number of para-hydroxylation sites is 1. The molecule has 3 aromatic rings. The number of carbonyl (C=O) groups excluding carboxylic acids is 1. The summed E-state index contributed by atoms with van der Waals surface area (Å²) >= 11 is 0. The Morgan fingerprint density at radius 3 is 2.38 bits per heavy atom. The lowest BCUT2D eigenvalue weighted by Gasteiger charge is -2.23. The number of aliphatic carboxylic acids is 1. The van der Waals surface area contributed by atoms with Crippen molar-refractivity contribution in [1.82, 2.24) is 14.7 Å². The van der Waals surface area contributed by atoms with Crippen LogP contribution >= 0.6 is 10.5 Å². The highest BCUT2D eigenvalue weighted by Gasteiger charge is 2.21. The SMILES string of the molecule is O=C(O)CCC(=O)N(Cc1ccccc1)Cc1cn(-c2ccccc2)nc1S1=CC=CC1. The smallest absolute Gasteiger partial charge is 0.303 e. The number of rotatable bonds is 9. The molecule has 4 rings (SSSR count). The number of nitrogens with zero attached hydrogens (tertiary/aromatic N) is 3. The van der Waals surface area contributed by atoms with Gasteiger partial charge >= 0.3 is 5.97 Å². The molecule has 2 heterocycles. The van der Waals surface area contributed by atoms with E-state index in [0.717, 1.165) is 27.6 Å². The van der Waals surface area contributed by atoms with E-state index in [4.69, 9.17) is 10.2 Å². The average Bonchev–Trinajstić information content (AvgIpc) is 3.48. The van der Waals surface area contributed by atoms with Gasteiger partial charge in [-0.2, -0.15) is 5.10 Å². The third-order valence-electron chi connectivity index (χ3n) is 5.16. The van der Waals surface area contributed by atoms with Gasteiger partial charge < -0.3 is 10.0 Å². The van der Waals surface area contributed by atoms with Crippen molar-refractivity contribution in [3.8, 4) is 5.69 Å².